The second-order valence-corrected chi connectivity index (χ2v) is 4.10. The number of guanidine groups is 1. The van der Waals surface area contributed by atoms with Gasteiger partial charge in [-0.2, -0.15) is 8.78 Å². The summed E-state index contributed by atoms with van der Waals surface area (Å²) in [6, 6.07) is 4.69. The second-order valence-electron chi connectivity index (χ2n) is 4.10. The Morgan fingerprint density at radius 1 is 1.41 bits per heavy atom. The molecule has 0 saturated carbocycles. The number of terminal acetylenes is 1. The lowest BCUT2D eigenvalue weighted by molar-refractivity contribution is -0.0505. The molecule has 0 bridgehead atoms. The Bertz CT molecular complexity index is 542. The SMILES string of the molecule is C#CCNC(=NCc1ccc(OC)cc1OC(F)F)NCC. The second kappa shape index (κ2) is 9.45. The van der Waals surface area contributed by atoms with Crippen LogP contribution in [0.3, 0.4) is 0 Å². The predicted octanol–water partition coefficient (Wildman–Crippen LogP) is 1.98. The van der Waals surface area contributed by atoms with Crippen LogP contribution in [0.15, 0.2) is 23.2 Å². The molecule has 2 N–H and O–H groups in total. The summed E-state index contributed by atoms with van der Waals surface area (Å²) >= 11 is 0. The van der Waals surface area contributed by atoms with Gasteiger partial charge in [0.2, 0.25) is 0 Å². The summed E-state index contributed by atoms with van der Waals surface area (Å²) in [5.41, 5.74) is 0.513. The van der Waals surface area contributed by atoms with Crippen molar-refractivity contribution in [2.75, 3.05) is 20.2 Å². The van der Waals surface area contributed by atoms with Crippen molar-refractivity contribution < 1.29 is 18.3 Å². The average molecular weight is 311 g/mol. The van der Waals surface area contributed by atoms with Crippen LogP contribution in [-0.4, -0.2) is 32.8 Å². The number of aliphatic imine (C=N–C) groups is 1. The summed E-state index contributed by atoms with van der Waals surface area (Å²) in [7, 11) is 1.45. The Labute approximate surface area is 128 Å². The first-order valence-electron chi connectivity index (χ1n) is 6.68. The highest BCUT2D eigenvalue weighted by atomic mass is 19.3. The van der Waals surface area contributed by atoms with Crippen LogP contribution in [0, 0.1) is 12.3 Å². The van der Waals surface area contributed by atoms with Gasteiger partial charge in [-0.15, -0.1) is 6.42 Å². The molecule has 1 aromatic rings. The number of hydrogen-bond donors (Lipinski definition) is 2. The van der Waals surface area contributed by atoms with E-state index in [4.69, 9.17) is 11.2 Å². The maximum atomic E-state index is 12.5. The molecule has 0 aliphatic heterocycles. The molecule has 1 aromatic carbocycles. The summed E-state index contributed by atoms with van der Waals surface area (Å²) in [4.78, 5) is 4.28. The number of rotatable bonds is 7. The zero-order valence-electron chi connectivity index (χ0n) is 12.5. The smallest absolute Gasteiger partial charge is 0.387 e. The molecule has 7 heteroatoms. The zero-order chi connectivity index (χ0) is 16.4. The summed E-state index contributed by atoms with van der Waals surface area (Å²) in [5.74, 6) is 3.40. The number of alkyl halides is 2. The van der Waals surface area contributed by atoms with Gasteiger partial charge in [0.05, 0.1) is 20.2 Å². The maximum absolute atomic E-state index is 12.5. The van der Waals surface area contributed by atoms with E-state index in [2.05, 4.69) is 26.3 Å². The number of methoxy groups -OCH3 is 1. The molecular formula is C15H19F2N3O2. The molecule has 22 heavy (non-hydrogen) atoms. The molecule has 0 unspecified atom stereocenters. The molecule has 0 heterocycles. The van der Waals surface area contributed by atoms with E-state index in [1.54, 1.807) is 12.1 Å². The summed E-state index contributed by atoms with van der Waals surface area (Å²) in [6.07, 6.45) is 5.18. The highest BCUT2D eigenvalue weighted by molar-refractivity contribution is 5.80. The number of ether oxygens (including phenoxy) is 2. The molecule has 0 radical (unpaired) electrons. The van der Waals surface area contributed by atoms with E-state index in [1.165, 1.54) is 13.2 Å². The number of benzene rings is 1. The average Bonchev–Trinajstić information content (AvgIpc) is 2.50. The third kappa shape index (κ3) is 5.87. The van der Waals surface area contributed by atoms with Crippen molar-refractivity contribution in [2.45, 2.75) is 20.1 Å². The Hall–Kier alpha value is -2.49. The summed E-state index contributed by atoms with van der Waals surface area (Å²) < 4.78 is 34.5. The van der Waals surface area contributed by atoms with Gasteiger partial charge in [-0.3, -0.25) is 0 Å². The number of nitrogens with one attached hydrogen (secondary N) is 2. The van der Waals surface area contributed by atoms with E-state index in [9.17, 15) is 8.78 Å². The van der Waals surface area contributed by atoms with E-state index in [0.29, 0.717) is 30.4 Å². The Morgan fingerprint density at radius 3 is 2.77 bits per heavy atom. The number of halogens is 2. The minimum atomic E-state index is -2.91. The van der Waals surface area contributed by atoms with E-state index in [1.807, 2.05) is 6.92 Å². The summed E-state index contributed by atoms with van der Waals surface area (Å²) in [6.45, 7) is 0.119. The van der Waals surface area contributed by atoms with Crippen molar-refractivity contribution in [1.82, 2.24) is 10.6 Å². The highest BCUT2D eigenvalue weighted by Crippen LogP contribution is 2.26. The van der Waals surface area contributed by atoms with Gasteiger partial charge in [0.1, 0.15) is 11.5 Å². The van der Waals surface area contributed by atoms with Crippen LogP contribution in [0.1, 0.15) is 12.5 Å². The quantitative estimate of drug-likeness (QED) is 0.459. The Kier molecular flexibility index (Phi) is 7.54. The summed E-state index contributed by atoms with van der Waals surface area (Å²) in [5, 5.41) is 5.91. The van der Waals surface area contributed by atoms with Crippen LogP contribution in [0.4, 0.5) is 8.78 Å². The molecule has 0 aliphatic carbocycles. The molecular weight excluding hydrogens is 292 g/mol. The van der Waals surface area contributed by atoms with Gasteiger partial charge < -0.3 is 20.1 Å². The van der Waals surface area contributed by atoms with Crippen molar-refractivity contribution in [3.8, 4) is 23.8 Å². The third-order valence-electron chi connectivity index (χ3n) is 2.60. The first-order chi connectivity index (χ1) is 10.6. The normalized spacial score (nSPS) is 11.0. The topological polar surface area (TPSA) is 54.9 Å². The molecule has 0 aliphatic rings. The molecule has 0 fully saturated rings. The van der Waals surface area contributed by atoms with Crippen molar-refractivity contribution in [3.63, 3.8) is 0 Å². The molecule has 120 valence electrons. The first kappa shape index (κ1) is 17.6. The fraction of sp³-hybridized carbons (Fsp3) is 0.400. The van der Waals surface area contributed by atoms with Gasteiger partial charge in [0.15, 0.2) is 5.96 Å². The lowest BCUT2D eigenvalue weighted by Gasteiger charge is -2.12. The fourth-order valence-corrected chi connectivity index (χ4v) is 1.64. The van der Waals surface area contributed by atoms with E-state index in [-0.39, 0.29) is 12.3 Å². The van der Waals surface area contributed by atoms with Crippen molar-refractivity contribution in [2.24, 2.45) is 4.99 Å². The van der Waals surface area contributed by atoms with Crippen LogP contribution < -0.4 is 20.1 Å². The molecule has 0 saturated heterocycles. The highest BCUT2D eigenvalue weighted by Gasteiger charge is 2.11. The fourth-order valence-electron chi connectivity index (χ4n) is 1.64. The van der Waals surface area contributed by atoms with E-state index in [0.717, 1.165) is 0 Å². The first-order valence-corrected chi connectivity index (χ1v) is 6.68. The third-order valence-corrected chi connectivity index (χ3v) is 2.60. The van der Waals surface area contributed by atoms with Crippen LogP contribution in [0.25, 0.3) is 0 Å². The van der Waals surface area contributed by atoms with Gasteiger partial charge in [0.25, 0.3) is 0 Å². The van der Waals surface area contributed by atoms with Crippen molar-refractivity contribution in [3.05, 3.63) is 23.8 Å². The molecule has 0 spiro atoms. The zero-order valence-corrected chi connectivity index (χ0v) is 12.5. The van der Waals surface area contributed by atoms with Gasteiger partial charge in [-0.1, -0.05) is 5.92 Å². The van der Waals surface area contributed by atoms with Crippen LogP contribution >= 0.6 is 0 Å². The number of hydrogen-bond acceptors (Lipinski definition) is 3. The standard InChI is InChI=1S/C15H19F2N3O2/c1-4-8-19-15(18-5-2)20-10-11-6-7-12(21-3)9-13(11)22-14(16)17/h1,6-7,9,14H,5,8,10H2,2-3H3,(H2,18,19,20). The minimum absolute atomic E-state index is 0.0332. The monoisotopic (exact) mass is 311 g/mol. The van der Waals surface area contributed by atoms with Gasteiger partial charge >= 0.3 is 6.61 Å². The maximum Gasteiger partial charge on any atom is 0.387 e. The largest absolute Gasteiger partial charge is 0.497 e. The van der Waals surface area contributed by atoms with Crippen LogP contribution in [-0.2, 0) is 6.54 Å². The van der Waals surface area contributed by atoms with E-state index < -0.39 is 6.61 Å². The van der Waals surface area contributed by atoms with Crippen molar-refractivity contribution >= 4 is 5.96 Å². The molecule has 5 nitrogen and oxygen atoms in total. The Balaban J connectivity index is 2.91. The molecule has 0 amide bonds. The molecule has 0 atom stereocenters. The lowest BCUT2D eigenvalue weighted by atomic mass is 10.2. The molecule has 1 rings (SSSR count). The lowest BCUT2D eigenvalue weighted by Crippen LogP contribution is -2.37. The van der Waals surface area contributed by atoms with Gasteiger partial charge in [0, 0.05) is 18.2 Å². The van der Waals surface area contributed by atoms with E-state index >= 15 is 0 Å². The van der Waals surface area contributed by atoms with Crippen LogP contribution in [0.5, 0.6) is 11.5 Å². The van der Waals surface area contributed by atoms with Crippen molar-refractivity contribution in [1.29, 1.82) is 0 Å². The molecule has 0 aromatic heterocycles. The van der Waals surface area contributed by atoms with Crippen LogP contribution in [0.2, 0.25) is 0 Å². The number of nitrogens with zero attached hydrogens (tertiary/aromatic N) is 1. The predicted molar refractivity (Wildman–Crippen MR) is 81.3 cm³/mol. The minimum Gasteiger partial charge on any atom is -0.497 e. The van der Waals surface area contributed by atoms with Gasteiger partial charge in [-0.05, 0) is 19.1 Å². The Morgan fingerprint density at radius 2 is 2.18 bits per heavy atom. The van der Waals surface area contributed by atoms with Gasteiger partial charge in [-0.25, -0.2) is 4.99 Å².